The van der Waals surface area contributed by atoms with Gasteiger partial charge in [-0.3, -0.25) is 4.79 Å². The Hall–Kier alpha value is -4.33. The molecule has 4 rings (SSSR count). The molecule has 0 atom stereocenters. The van der Waals surface area contributed by atoms with Gasteiger partial charge in [-0.15, -0.1) is 0 Å². The summed E-state index contributed by atoms with van der Waals surface area (Å²) >= 11 is 0. The summed E-state index contributed by atoms with van der Waals surface area (Å²) in [4.78, 5) is 30.6. The Morgan fingerprint density at radius 2 is 1.53 bits per heavy atom. The molecule has 0 fully saturated rings. The number of carbonyl (C=O) groups excluding carboxylic acids is 2. The Morgan fingerprint density at radius 3 is 2.11 bits per heavy atom. The average molecular weight is 488 g/mol. The van der Waals surface area contributed by atoms with E-state index in [9.17, 15) is 9.59 Å². The van der Waals surface area contributed by atoms with Crippen molar-refractivity contribution in [2.45, 2.75) is 32.8 Å². The van der Waals surface area contributed by atoms with E-state index in [0.29, 0.717) is 36.7 Å². The van der Waals surface area contributed by atoms with Crippen LogP contribution in [0.15, 0.2) is 72.8 Å². The van der Waals surface area contributed by atoms with Crippen molar-refractivity contribution in [2.75, 3.05) is 13.1 Å². The standard InChI is InChI=1S/C28H29N3O5/c1-28(2,3)36-27(33)31-17-15-19(16-18-31)24-14-13-23(25(29)32)26(30-24)35-22-11-9-21(10-12-22)34-20-7-5-4-6-8-20/h4-15H,16-18H2,1-3H3,(H2,29,32). The fraction of sp³-hybridized carbons (Fsp3) is 0.250. The number of ether oxygens (including phenoxy) is 3. The van der Waals surface area contributed by atoms with Crippen LogP contribution in [0.2, 0.25) is 0 Å². The summed E-state index contributed by atoms with van der Waals surface area (Å²) in [5, 5.41) is 0. The maximum atomic E-state index is 12.3. The number of nitrogens with two attached hydrogens (primary N) is 1. The molecule has 1 aromatic heterocycles. The van der Waals surface area contributed by atoms with Crippen molar-refractivity contribution in [3.63, 3.8) is 0 Å². The summed E-state index contributed by atoms with van der Waals surface area (Å²) in [5.41, 5.74) is 6.78. The second-order valence-corrected chi connectivity index (χ2v) is 9.31. The highest BCUT2D eigenvalue weighted by molar-refractivity contribution is 5.95. The van der Waals surface area contributed by atoms with Crippen molar-refractivity contribution in [1.29, 1.82) is 0 Å². The van der Waals surface area contributed by atoms with Gasteiger partial charge < -0.3 is 24.8 Å². The normalized spacial score (nSPS) is 13.5. The SMILES string of the molecule is CC(C)(C)OC(=O)N1CC=C(c2ccc(C(N)=O)c(Oc3ccc(Oc4ccccc4)cc3)n2)CC1. The maximum Gasteiger partial charge on any atom is 0.410 e. The summed E-state index contributed by atoms with van der Waals surface area (Å²) in [7, 11) is 0. The summed E-state index contributed by atoms with van der Waals surface area (Å²) < 4.78 is 17.2. The van der Waals surface area contributed by atoms with Crippen LogP contribution in [0.4, 0.5) is 4.79 Å². The predicted molar refractivity (Wildman–Crippen MR) is 136 cm³/mol. The van der Waals surface area contributed by atoms with E-state index in [2.05, 4.69) is 4.98 Å². The summed E-state index contributed by atoms with van der Waals surface area (Å²) in [6, 6.07) is 19.8. The number of nitrogens with zero attached hydrogens (tertiary/aromatic N) is 2. The molecule has 0 saturated heterocycles. The minimum absolute atomic E-state index is 0.118. The molecule has 2 N–H and O–H groups in total. The molecule has 0 unspecified atom stereocenters. The third-order valence-electron chi connectivity index (χ3n) is 5.33. The Bertz CT molecular complexity index is 1260. The molecule has 186 valence electrons. The van der Waals surface area contributed by atoms with Crippen LogP contribution in [0.5, 0.6) is 23.1 Å². The van der Waals surface area contributed by atoms with Gasteiger partial charge in [0.25, 0.3) is 5.91 Å². The van der Waals surface area contributed by atoms with Gasteiger partial charge in [-0.2, -0.15) is 0 Å². The molecule has 3 aromatic rings. The first-order valence-electron chi connectivity index (χ1n) is 11.7. The van der Waals surface area contributed by atoms with E-state index < -0.39 is 11.5 Å². The Morgan fingerprint density at radius 1 is 0.889 bits per heavy atom. The lowest BCUT2D eigenvalue weighted by molar-refractivity contribution is 0.0270. The smallest absolute Gasteiger partial charge is 0.410 e. The topological polar surface area (TPSA) is 104 Å². The number of aromatic nitrogens is 1. The van der Waals surface area contributed by atoms with Crippen LogP contribution < -0.4 is 15.2 Å². The predicted octanol–water partition coefficient (Wildman–Crippen LogP) is 5.79. The van der Waals surface area contributed by atoms with Gasteiger partial charge in [-0.25, -0.2) is 9.78 Å². The van der Waals surface area contributed by atoms with Gasteiger partial charge in [0.2, 0.25) is 5.88 Å². The van der Waals surface area contributed by atoms with Crippen LogP contribution in [-0.2, 0) is 4.74 Å². The molecule has 0 spiro atoms. The van der Waals surface area contributed by atoms with Gasteiger partial charge in [-0.05, 0) is 81.3 Å². The van der Waals surface area contributed by atoms with Crippen molar-refractivity contribution in [3.05, 3.63) is 84.1 Å². The van der Waals surface area contributed by atoms with E-state index in [0.717, 1.165) is 11.3 Å². The first-order valence-corrected chi connectivity index (χ1v) is 11.7. The molecule has 2 heterocycles. The first-order chi connectivity index (χ1) is 17.2. The maximum absolute atomic E-state index is 12.3. The molecule has 2 aromatic carbocycles. The number of rotatable bonds is 6. The van der Waals surface area contributed by atoms with Gasteiger partial charge in [0.05, 0.1) is 5.69 Å². The first kappa shape index (κ1) is 24.8. The number of para-hydroxylation sites is 1. The number of amides is 2. The van der Waals surface area contributed by atoms with Gasteiger partial charge in [0.15, 0.2) is 0 Å². The lowest BCUT2D eigenvalue weighted by atomic mass is 10.0. The van der Waals surface area contributed by atoms with E-state index in [1.807, 2.05) is 57.2 Å². The molecular weight excluding hydrogens is 458 g/mol. The molecule has 36 heavy (non-hydrogen) atoms. The van der Waals surface area contributed by atoms with Gasteiger partial charge in [0.1, 0.15) is 28.4 Å². The Balaban J connectivity index is 1.49. The lowest BCUT2D eigenvalue weighted by Gasteiger charge is -2.29. The number of primary amides is 1. The van der Waals surface area contributed by atoms with Crippen LogP contribution in [0.3, 0.4) is 0 Å². The highest BCUT2D eigenvalue weighted by Crippen LogP contribution is 2.30. The summed E-state index contributed by atoms with van der Waals surface area (Å²) in [6.07, 6.45) is 2.17. The molecule has 0 aliphatic carbocycles. The van der Waals surface area contributed by atoms with Crippen molar-refractivity contribution in [3.8, 4) is 23.1 Å². The zero-order chi connectivity index (χ0) is 25.7. The fourth-order valence-corrected chi connectivity index (χ4v) is 3.59. The second kappa shape index (κ2) is 10.5. The summed E-state index contributed by atoms with van der Waals surface area (Å²) in [5.74, 6) is 1.33. The van der Waals surface area contributed by atoms with E-state index >= 15 is 0 Å². The van der Waals surface area contributed by atoms with E-state index in [4.69, 9.17) is 19.9 Å². The average Bonchev–Trinajstić information content (AvgIpc) is 2.85. The van der Waals surface area contributed by atoms with Crippen LogP contribution in [-0.4, -0.2) is 40.6 Å². The highest BCUT2D eigenvalue weighted by atomic mass is 16.6. The van der Waals surface area contributed by atoms with Crippen LogP contribution >= 0.6 is 0 Å². The largest absolute Gasteiger partial charge is 0.457 e. The molecule has 0 radical (unpaired) electrons. The van der Waals surface area contributed by atoms with Crippen LogP contribution in [0.1, 0.15) is 43.2 Å². The van der Waals surface area contributed by atoms with Crippen LogP contribution in [0, 0.1) is 0 Å². The van der Waals surface area contributed by atoms with E-state index in [-0.39, 0.29) is 17.5 Å². The molecule has 1 aliphatic rings. The molecule has 2 amide bonds. The number of hydrogen-bond donors (Lipinski definition) is 1. The minimum Gasteiger partial charge on any atom is -0.457 e. The number of pyridine rings is 1. The fourth-order valence-electron chi connectivity index (χ4n) is 3.59. The van der Waals surface area contributed by atoms with Gasteiger partial charge in [0, 0.05) is 13.1 Å². The number of hydrogen-bond acceptors (Lipinski definition) is 6. The lowest BCUT2D eigenvalue weighted by Crippen LogP contribution is -2.39. The Kier molecular flexibility index (Phi) is 7.24. The molecular formula is C28H29N3O5. The third-order valence-corrected chi connectivity index (χ3v) is 5.33. The summed E-state index contributed by atoms with van der Waals surface area (Å²) in [6.45, 7) is 6.42. The van der Waals surface area contributed by atoms with E-state index in [1.54, 1.807) is 41.3 Å². The zero-order valence-electron chi connectivity index (χ0n) is 20.6. The van der Waals surface area contributed by atoms with Crippen molar-refractivity contribution in [2.24, 2.45) is 5.73 Å². The van der Waals surface area contributed by atoms with Gasteiger partial charge in [-0.1, -0.05) is 24.3 Å². The Labute approximate surface area is 210 Å². The zero-order valence-corrected chi connectivity index (χ0v) is 20.6. The van der Waals surface area contributed by atoms with Crippen LogP contribution in [0.25, 0.3) is 5.57 Å². The number of carbonyl (C=O) groups is 2. The third kappa shape index (κ3) is 6.41. The van der Waals surface area contributed by atoms with Gasteiger partial charge >= 0.3 is 6.09 Å². The number of benzene rings is 2. The quantitative estimate of drug-likeness (QED) is 0.472. The van der Waals surface area contributed by atoms with E-state index in [1.165, 1.54) is 0 Å². The molecule has 0 saturated carbocycles. The molecule has 8 nitrogen and oxygen atoms in total. The van der Waals surface area contributed by atoms with Crippen molar-refractivity contribution in [1.82, 2.24) is 9.88 Å². The molecule has 0 bridgehead atoms. The highest BCUT2D eigenvalue weighted by Gasteiger charge is 2.24. The molecule has 1 aliphatic heterocycles. The van der Waals surface area contributed by atoms with Crippen molar-refractivity contribution < 1.29 is 23.8 Å². The second-order valence-electron chi connectivity index (χ2n) is 9.31. The monoisotopic (exact) mass is 487 g/mol. The molecule has 8 heteroatoms. The minimum atomic E-state index is -0.637. The van der Waals surface area contributed by atoms with Crippen molar-refractivity contribution >= 4 is 17.6 Å².